The largest absolute Gasteiger partial charge is 0.351 e. The van der Waals surface area contributed by atoms with Gasteiger partial charge in [-0.2, -0.15) is 0 Å². The molecule has 1 aliphatic heterocycles. The van der Waals surface area contributed by atoms with Crippen LogP contribution in [-0.2, 0) is 4.79 Å². The highest BCUT2D eigenvalue weighted by Gasteiger charge is 2.34. The summed E-state index contributed by atoms with van der Waals surface area (Å²) < 4.78 is 13.8. The fourth-order valence-corrected chi connectivity index (χ4v) is 3.13. The second-order valence-electron chi connectivity index (χ2n) is 6.08. The van der Waals surface area contributed by atoms with Gasteiger partial charge in [0.05, 0.1) is 6.04 Å². The summed E-state index contributed by atoms with van der Waals surface area (Å²) in [5, 5.41) is 3.18. The molecule has 0 saturated carbocycles. The smallest absolute Gasteiger partial charge is 0.275 e. The zero-order chi connectivity index (χ0) is 17.9. The summed E-state index contributed by atoms with van der Waals surface area (Å²) in [5.41, 5.74) is 2.81. The number of benzene rings is 3. The second-order valence-corrected chi connectivity index (χ2v) is 6.08. The highest BCUT2D eigenvalue weighted by molar-refractivity contribution is 6.11. The highest BCUT2D eigenvalue weighted by atomic mass is 19.1. The van der Waals surface area contributed by atoms with E-state index in [2.05, 4.69) is 5.32 Å². The van der Waals surface area contributed by atoms with E-state index >= 15 is 0 Å². The molecule has 1 aliphatic rings. The molecular formula is C22H17FN2O. The van der Waals surface area contributed by atoms with Crippen molar-refractivity contribution in [3.63, 3.8) is 0 Å². The zero-order valence-corrected chi connectivity index (χ0v) is 14.0. The van der Waals surface area contributed by atoms with Crippen molar-refractivity contribution in [2.45, 2.75) is 6.04 Å². The Kier molecular flexibility index (Phi) is 4.23. The Labute approximate surface area is 151 Å². The molecule has 3 aromatic rings. The summed E-state index contributed by atoms with van der Waals surface area (Å²) in [4.78, 5) is 14.8. The molecule has 1 atom stereocenters. The third-order valence-corrected chi connectivity index (χ3v) is 4.33. The van der Waals surface area contributed by atoms with Gasteiger partial charge in [0.1, 0.15) is 11.5 Å². The first-order valence-corrected chi connectivity index (χ1v) is 8.40. The lowest BCUT2D eigenvalue weighted by Crippen LogP contribution is -2.30. The quantitative estimate of drug-likeness (QED) is 0.729. The summed E-state index contributed by atoms with van der Waals surface area (Å²) in [6.07, 6.45) is 1.84. The predicted octanol–water partition coefficient (Wildman–Crippen LogP) is 4.91. The molecular weight excluding hydrogens is 327 g/mol. The van der Waals surface area contributed by atoms with Crippen molar-refractivity contribution < 1.29 is 9.18 Å². The van der Waals surface area contributed by atoms with Crippen LogP contribution in [0.15, 0.2) is 96.7 Å². The molecule has 1 heterocycles. The first-order chi connectivity index (χ1) is 12.7. The van der Waals surface area contributed by atoms with E-state index in [1.165, 1.54) is 12.1 Å². The molecule has 0 bridgehead atoms. The van der Waals surface area contributed by atoms with E-state index in [9.17, 15) is 9.18 Å². The van der Waals surface area contributed by atoms with Gasteiger partial charge in [0.25, 0.3) is 5.91 Å². The molecule has 0 spiro atoms. The van der Waals surface area contributed by atoms with Crippen molar-refractivity contribution in [3.05, 3.63) is 108 Å². The molecule has 0 radical (unpaired) electrons. The Bertz CT molecular complexity index is 954. The van der Waals surface area contributed by atoms with Crippen molar-refractivity contribution in [1.29, 1.82) is 0 Å². The Hall–Kier alpha value is -3.40. The van der Waals surface area contributed by atoms with Gasteiger partial charge in [0.2, 0.25) is 0 Å². The van der Waals surface area contributed by atoms with Crippen LogP contribution in [0.4, 0.5) is 15.8 Å². The normalized spacial score (nSPS) is 16.5. The van der Waals surface area contributed by atoms with Gasteiger partial charge < -0.3 is 5.32 Å². The van der Waals surface area contributed by atoms with Crippen molar-refractivity contribution in [2.75, 3.05) is 10.2 Å². The number of para-hydroxylation sites is 2. The molecule has 0 aromatic heterocycles. The summed E-state index contributed by atoms with van der Waals surface area (Å²) in [5.74, 6) is -0.463. The highest BCUT2D eigenvalue weighted by Crippen LogP contribution is 2.36. The SMILES string of the molecule is O=C1C(Nc2ccccc2)=C[C@H](c2cccc(F)c2)N1c1ccccc1. The van der Waals surface area contributed by atoms with Crippen LogP contribution in [0.3, 0.4) is 0 Å². The van der Waals surface area contributed by atoms with Crippen molar-refractivity contribution >= 4 is 17.3 Å². The lowest BCUT2D eigenvalue weighted by atomic mass is 10.1. The molecule has 26 heavy (non-hydrogen) atoms. The van der Waals surface area contributed by atoms with Gasteiger partial charge in [-0.15, -0.1) is 0 Å². The number of nitrogens with zero attached hydrogens (tertiary/aromatic N) is 1. The Morgan fingerprint density at radius 2 is 1.54 bits per heavy atom. The average Bonchev–Trinajstić information content (AvgIpc) is 3.00. The van der Waals surface area contributed by atoms with Crippen molar-refractivity contribution in [3.8, 4) is 0 Å². The average molecular weight is 344 g/mol. The van der Waals surface area contributed by atoms with E-state index in [1.807, 2.05) is 72.8 Å². The number of amides is 1. The summed E-state index contributed by atoms with van der Waals surface area (Å²) >= 11 is 0. The summed E-state index contributed by atoms with van der Waals surface area (Å²) in [6, 6.07) is 24.9. The number of hydrogen-bond donors (Lipinski definition) is 1. The summed E-state index contributed by atoms with van der Waals surface area (Å²) in [7, 11) is 0. The van der Waals surface area contributed by atoms with Crippen LogP contribution in [0.5, 0.6) is 0 Å². The predicted molar refractivity (Wildman–Crippen MR) is 101 cm³/mol. The molecule has 128 valence electrons. The van der Waals surface area contributed by atoms with Crippen LogP contribution in [0.25, 0.3) is 0 Å². The number of carbonyl (C=O) groups is 1. The van der Waals surface area contributed by atoms with E-state index in [0.717, 1.165) is 16.9 Å². The maximum atomic E-state index is 13.8. The number of rotatable bonds is 4. The number of carbonyl (C=O) groups excluding carboxylic acids is 1. The molecule has 0 unspecified atom stereocenters. The Morgan fingerprint density at radius 1 is 0.846 bits per heavy atom. The van der Waals surface area contributed by atoms with E-state index in [0.29, 0.717) is 5.70 Å². The fraction of sp³-hybridized carbons (Fsp3) is 0.0455. The molecule has 0 aliphatic carbocycles. The zero-order valence-electron chi connectivity index (χ0n) is 14.0. The monoisotopic (exact) mass is 344 g/mol. The maximum Gasteiger partial charge on any atom is 0.275 e. The maximum absolute atomic E-state index is 13.8. The Morgan fingerprint density at radius 3 is 2.23 bits per heavy atom. The van der Waals surface area contributed by atoms with Gasteiger partial charge in [-0.1, -0.05) is 48.5 Å². The fourth-order valence-electron chi connectivity index (χ4n) is 3.13. The molecule has 1 amide bonds. The van der Waals surface area contributed by atoms with Crippen LogP contribution in [0.1, 0.15) is 11.6 Å². The molecule has 3 nitrogen and oxygen atoms in total. The topological polar surface area (TPSA) is 32.3 Å². The molecule has 0 fully saturated rings. The lowest BCUT2D eigenvalue weighted by Gasteiger charge is -2.25. The van der Waals surface area contributed by atoms with Crippen LogP contribution in [0, 0.1) is 5.82 Å². The number of anilines is 2. The van der Waals surface area contributed by atoms with Gasteiger partial charge in [-0.05, 0) is 48.0 Å². The molecule has 0 saturated heterocycles. The van der Waals surface area contributed by atoms with E-state index in [1.54, 1.807) is 11.0 Å². The minimum Gasteiger partial charge on any atom is -0.351 e. The summed E-state index contributed by atoms with van der Waals surface area (Å²) in [6.45, 7) is 0. The second kappa shape index (κ2) is 6.84. The third kappa shape index (κ3) is 3.09. The molecule has 1 N–H and O–H groups in total. The van der Waals surface area contributed by atoms with Gasteiger partial charge in [-0.3, -0.25) is 9.69 Å². The van der Waals surface area contributed by atoms with Gasteiger partial charge in [0, 0.05) is 11.4 Å². The minimum atomic E-state index is -0.369. The number of halogens is 1. The van der Waals surface area contributed by atoms with E-state index < -0.39 is 0 Å². The minimum absolute atomic E-state index is 0.144. The molecule has 4 rings (SSSR count). The first kappa shape index (κ1) is 16.1. The van der Waals surface area contributed by atoms with Crippen LogP contribution >= 0.6 is 0 Å². The van der Waals surface area contributed by atoms with Gasteiger partial charge in [-0.25, -0.2) is 4.39 Å². The molecule has 3 aromatic carbocycles. The first-order valence-electron chi connectivity index (χ1n) is 8.40. The van der Waals surface area contributed by atoms with E-state index in [4.69, 9.17) is 0 Å². The van der Waals surface area contributed by atoms with Crippen LogP contribution in [0.2, 0.25) is 0 Å². The van der Waals surface area contributed by atoms with Crippen LogP contribution in [-0.4, -0.2) is 5.91 Å². The van der Waals surface area contributed by atoms with Crippen LogP contribution < -0.4 is 10.2 Å². The Balaban J connectivity index is 1.74. The van der Waals surface area contributed by atoms with Gasteiger partial charge in [0.15, 0.2) is 0 Å². The van der Waals surface area contributed by atoms with E-state index in [-0.39, 0.29) is 17.8 Å². The third-order valence-electron chi connectivity index (χ3n) is 4.33. The number of hydrogen-bond acceptors (Lipinski definition) is 2. The standard InChI is InChI=1S/C22H17FN2O/c23-17-9-7-8-16(14-17)21-15-20(24-18-10-3-1-4-11-18)22(26)25(21)19-12-5-2-6-13-19/h1-15,21,24H/t21-/m1/s1. The lowest BCUT2D eigenvalue weighted by molar-refractivity contribution is -0.114. The van der Waals surface area contributed by atoms with Crippen molar-refractivity contribution in [2.24, 2.45) is 0 Å². The van der Waals surface area contributed by atoms with Crippen molar-refractivity contribution in [1.82, 2.24) is 0 Å². The van der Waals surface area contributed by atoms with Gasteiger partial charge >= 0.3 is 0 Å². The molecule has 4 heteroatoms. The number of nitrogens with one attached hydrogen (secondary N) is 1.